The molecule has 0 aromatic heterocycles. The quantitative estimate of drug-likeness (QED) is 0.0794. The lowest BCUT2D eigenvalue weighted by molar-refractivity contribution is -0.384. The van der Waals surface area contributed by atoms with Crippen LogP contribution in [0.5, 0.6) is 5.75 Å². The van der Waals surface area contributed by atoms with E-state index in [2.05, 4.69) is 44.2 Å². The molecule has 0 atom stereocenters. The van der Waals surface area contributed by atoms with Gasteiger partial charge in [0.05, 0.1) is 9.67 Å². The fourth-order valence-electron chi connectivity index (χ4n) is 5.09. The molecule has 0 radical (unpaired) electrons. The lowest BCUT2D eigenvalue weighted by Gasteiger charge is -2.38. The lowest BCUT2D eigenvalue weighted by atomic mass is 9.79. The second-order valence-electron chi connectivity index (χ2n) is 10.1. The van der Waals surface area contributed by atoms with Gasteiger partial charge < -0.3 is 10.2 Å². The van der Waals surface area contributed by atoms with E-state index in [-0.39, 0.29) is 23.8 Å². The fraction of sp³-hybridized carbons (Fsp3) is 0.242. The highest BCUT2D eigenvalue weighted by Gasteiger charge is 2.39. The molecule has 206 valence electrons. The molecule has 4 aromatic rings. The van der Waals surface area contributed by atoms with Crippen molar-refractivity contribution in [1.29, 1.82) is 0 Å². The Kier molecular flexibility index (Phi) is 9.27. The SMILES string of the molecule is CC(C)Cc1c(C(SCCCC(=O)O)(c2ccccc2)c2ccccc2)ccc(-c2ccc([N+](=O)[O-])cc2)c1O. The molecule has 0 heterocycles. The summed E-state index contributed by atoms with van der Waals surface area (Å²) in [6.07, 6.45) is 1.20. The number of carboxylic acids is 1. The van der Waals surface area contributed by atoms with E-state index in [1.807, 2.05) is 42.5 Å². The molecular formula is C33H33NO5S. The second-order valence-corrected chi connectivity index (χ2v) is 11.5. The number of nitro groups is 1. The first kappa shape index (κ1) is 28.9. The van der Waals surface area contributed by atoms with Crippen molar-refractivity contribution in [3.05, 3.63) is 129 Å². The average Bonchev–Trinajstić information content (AvgIpc) is 2.95. The Balaban J connectivity index is 1.97. The van der Waals surface area contributed by atoms with Crippen LogP contribution in [0.15, 0.2) is 97.1 Å². The number of carboxylic acid groups (broad SMARTS) is 1. The number of nitrogens with zero attached hydrogens (tertiary/aromatic N) is 1. The number of rotatable bonds is 12. The number of phenolic OH excluding ortho intramolecular Hbond substituents is 1. The molecule has 0 spiro atoms. The standard InChI is InChI=1S/C33H33NO5S/c1-23(2)22-29-30(20-19-28(32(29)37)24-15-17-27(18-16-24)34(38)39)33(25-10-5-3-6-11-25,26-12-7-4-8-13-26)40-21-9-14-31(35)36/h3-8,10-13,15-20,23,37H,9,14,21-22H2,1-2H3,(H,35,36). The molecule has 2 N–H and O–H groups in total. The third kappa shape index (κ3) is 6.20. The van der Waals surface area contributed by atoms with Crippen molar-refractivity contribution in [2.45, 2.75) is 37.9 Å². The number of carbonyl (C=O) groups is 1. The van der Waals surface area contributed by atoms with Gasteiger partial charge in [-0.15, -0.1) is 11.8 Å². The summed E-state index contributed by atoms with van der Waals surface area (Å²) in [5.74, 6) is 0.166. The zero-order valence-electron chi connectivity index (χ0n) is 22.6. The predicted octanol–water partition coefficient (Wildman–Crippen LogP) is 8.06. The maximum absolute atomic E-state index is 11.8. The number of benzene rings is 4. The molecule has 0 aliphatic heterocycles. The molecule has 0 unspecified atom stereocenters. The Labute approximate surface area is 238 Å². The minimum atomic E-state index is -0.823. The highest BCUT2D eigenvalue weighted by Crippen LogP contribution is 2.52. The fourth-order valence-corrected chi connectivity index (χ4v) is 6.64. The van der Waals surface area contributed by atoms with E-state index in [9.17, 15) is 25.1 Å². The Bertz CT molecular complexity index is 1410. The first-order valence-corrected chi connectivity index (χ1v) is 14.3. The van der Waals surface area contributed by atoms with Crippen LogP contribution in [-0.4, -0.2) is 26.9 Å². The summed E-state index contributed by atoms with van der Waals surface area (Å²) < 4.78 is -0.712. The monoisotopic (exact) mass is 555 g/mol. The zero-order chi connectivity index (χ0) is 28.7. The Morgan fingerprint density at radius 1 is 0.900 bits per heavy atom. The predicted molar refractivity (Wildman–Crippen MR) is 161 cm³/mol. The minimum Gasteiger partial charge on any atom is -0.507 e. The maximum atomic E-state index is 11.8. The summed E-state index contributed by atoms with van der Waals surface area (Å²) in [4.78, 5) is 22.0. The number of hydrogen-bond acceptors (Lipinski definition) is 5. The first-order chi connectivity index (χ1) is 19.2. The highest BCUT2D eigenvalue weighted by atomic mass is 32.2. The van der Waals surface area contributed by atoms with E-state index in [1.165, 1.54) is 12.1 Å². The van der Waals surface area contributed by atoms with Crippen molar-refractivity contribution in [2.75, 3.05) is 5.75 Å². The van der Waals surface area contributed by atoms with E-state index in [0.29, 0.717) is 29.7 Å². The van der Waals surface area contributed by atoms with Crippen molar-refractivity contribution in [3.8, 4) is 16.9 Å². The largest absolute Gasteiger partial charge is 0.507 e. The Morgan fingerprint density at radius 3 is 1.98 bits per heavy atom. The van der Waals surface area contributed by atoms with E-state index in [1.54, 1.807) is 23.9 Å². The van der Waals surface area contributed by atoms with Crippen molar-refractivity contribution in [3.63, 3.8) is 0 Å². The van der Waals surface area contributed by atoms with Gasteiger partial charge >= 0.3 is 5.97 Å². The number of phenols is 1. The summed E-state index contributed by atoms with van der Waals surface area (Å²) in [6.45, 7) is 4.21. The molecule has 4 aromatic carbocycles. The van der Waals surface area contributed by atoms with Gasteiger partial charge in [-0.25, -0.2) is 0 Å². The average molecular weight is 556 g/mol. The number of thioether (sulfide) groups is 1. The molecule has 0 amide bonds. The summed E-state index contributed by atoms with van der Waals surface area (Å²) in [6, 6.07) is 30.4. The molecule has 0 saturated heterocycles. The van der Waals surface area contributed by atoms with Crippen molar-refractivity contribution in [2.24, 2.45) is 5.92 Å². The topological polar surface area (TPSA) is 101 Å². The molecule has 40 heavy (non-hydrogen) atoms. The third-order valence-electron chi connectivity index (χ3n) is 6.88. The Morgan fingerprint density at radius 2 is 1.48 bits per heavy atom. The molecular weight excluding hydrogens is 522 g/mol. The van der Waals surface area contributed by atoms with Crippen LogP contribution in [0.1, 0.15) is 48.9 Å². The molecule has 0 aliphatic carbocycles. The highest BCUT2D eigenvalue weighted by molar-refractivity contribution is 8.00. The van der Waals surface area contributed by atoms with Gasteiger partial charge in [-0.2, -0.15) is 0 Å². The van der Waals surface area contributed by atoms with Crippen molar-refractivity contribution in [1.82, 2.24) is 0 Å². The van der Waals surface area contributed by atoms with E-state index >= 15 is 0 Å². The van der Waals surface area contributed by atoms with Crippen LogP contribution in [0.25, 0.3) is 11.1 Å². The zero-order valence-corrected chi connectivity index (χ0v) is 23.4. The molecule has 0 bridgehead atoms. The van der Waals surface area contributed by atoms with Gasteiger partial charge in [0.15, 0.2) is 0 Å². The van der Waals surface area contributed by atoms with Crippen molar-refractivity contribution >= 4 is 23.4 Å². The van der Waals surface area contributed by atoms with Gasteiger partial charge in [0.25, 0.3) is 5.69 Å². The minimum absolute atomic E-state index is 0.00723. The van der Waals surface area contributed by atoms with Gasteiger partial charge in [-0.3, -0.25) is 14.9 Å². The van der Waals surface area contributed by atoms with Crippen LogP contribution in [-0.2, 0) is 16.0 Å². The molecule has 6 nitrogen and oxygen atoms in total. The smallest absolute Gasteiger partial charge is 0.303 e. The van der Waals surface area contributed by atoms with Crippen LogP contribution < -0.4 is 0 Å². The van der Waals surface area contributed by atoms with Crippen LogP contribution in [0.4, 0.5) is 5.69 Å². The second kappa shape index (κ2) is 12.8. The van der Waals surface area contributed by atoms with E-state index < -0.39 is 15.6 Å². The van der Waals surface area contributed by atoms with E-state index in [0.717, 1.165) is 22.3 Å². The van der Waals surface area contributed by atoms with Gasteiger partial charge in [-0.1, -0.05) is 86.6 Å². The normalized spacial score (nSPS) is 11.5. The third-order valence-corrected chi connectivity index (χ3v) is 8.49. The molecule has 0 aliphatic rings. The summed E-state index contributed by atoms with van der Waals surface area (Å²) >= 11 is 1.68. The van der Waals surface area contributed by atoms with Crippen LogP contribution in [0.3, 0.4) is 0 Å². The number of nitro benzene ring substituents is 1. The van der Waals surface area contributed by atoms with Crippen LogP contribution >= 0.6 is 11.8 Å². The number of aromatic hydroxyl groups is 1. The summed E-state index contributed by atoms with van der Waals surface area (Å²) in [5.41, 5.74) is 5.13. The maximum Gasteiger partial charge on any atom is 0.303 e. The van der Waals surface area contributed by atoms with Gasteiger partial charge in [0.1, 0.15) is 5.75 Å². The van der Waals surface area contributed by atoms with Gasteiger partial charge in [-0.05, 0) is 58.9 Å². The molecule has 0 saturated carbocycles. The number of hydrogen-bond donors (Lipinski definition) is 2. The number of non-ortho nitro benzene ring substituents is 1. The Hall–Kier alpha value is -4.10. The van der Waals surface area contributed by atoms with Crippen molar-refractivity contribution < 1.29 is 19.9 Å². The first-order valence-electron chi connectivity index (χ1n) is 13.3. The summed E-state index contributed by atoms with van der Waals surface area (Å²) in [7, 11) is 0. The lowest BCUT2D eigenvalue weighted by Crippen LogP contribution is -2.28. The summed E-state index contributed by atoms with van der Waals surface area (Å²) in [5, 5.41) is 32.3. The van der Waals surface area contributed by atoms with Gasteiger partial charge in [0, 0.05) is 29.7 Å². The van der Waals surface area contributed by atoms with E-state index in [4.69, 9.17) is 0 Å². The number of aliphatic carboxylic acids is 1. The molecule has 0 fully saturated rings. The molecule has 7 heteroatoms. The van der Waals surface area contributed by atoms with Crippen LogP contribution in [0, 0.1) is 16.0 Å². The van der Waals surface area contributed by atoms with Gasteiger partial charge in [0.2, 0.25) is 0 Å². The van der Waals surface area contributed by atoms with Crippen LogP contribution in [0.2, 0.25) is 0 Å². The molecule has 4 rings (SSSR count).